The highest BCUT2D eigenvalue weighted by molar-refractivity contribution is 5.97. The molecule has 0 aliphatic carbocycles. The first-order valence-electron chi connectivity index (χ1n) is 13.3. The van der Waals surface area contributed by atoms with Crippen molar-refractivity contribution in [2.75, 3.05) is 63.1 Å². The predicted molar refractivity (Wildman–Crippen MR) is 151 cm³/mol. The predicted octanol–water partition coefficient (Wildman–Crippen LogP) is 4.68. The van der Waals surface area contributed by atoms with Crippen molar-refractivity contribution in [3.63, 3.8) is 0 Å². The smallest absolute Gasteiger partial charge is 0.238 e. The molecule has 1 amide bonds. The van der Waals surface area contributed by atoms with Gasteiger partial charge in [-0.25, -0.2) is 4.98 Å². The molecule has 0 spiro atoms. The van der Waals surface area contributed by atoms with E-state index in [1.807, 2.05) is 24.5 Å². The minimum absolute atomic E-state index is 0.0502. The van der Waals surface area contributed by atoms with E-state index in [0.717, 1.165) is 78.2 Å². The molecule has 7 heteroatoms. The summed E-state index contributed by atoms with van der Waals surface area (Å²) in [5, 5.41) is 4.12. The van der Waals surface area contributed by atoms with Crippen LogP contribution in [-0.2, 0) is 4.79 Å². The molecule has 2 saturated heterocycles. The van der Waals surface area contributed by atoms with E-state index in [-0.39, 0.29) is 5.91 Å². The van der Waals surface area contributed by atoms with Gasteiger partial charge in [0.05, 0.1) is 6.54 Å². The maximum atomic E-state index is 12.4. The second kappa shape index (κ2) is 10.4. The van der Waals surface area contributed by atoms with Gasteiger partial charge in [0.1, 0.15) is 5.65 Å². The van der Waals surface area contributed by atoms with Crippen LogP contribution >= 0.6 is 0 Å². The molecule has 4 heterocycles. The van der Waals surface area contributed by atoms with Crippen LogP contribution in [0.15, 0.2) is 67.0 Å². The quantitative estimate of drug-likeness (QED) is 0.407. The number of pyridine rings is 1. The van der Waals surface area contributed by atoms with Gasteiger partial charge in [0.15, 0.2) is 0 Å². The van der Waals surface area contributed by atoms with Gasteiger partial charge in [0, 0.05) is 66.5 Å². The van der Waals surface area contributed by atoms with Crippen molar-refractivity contribution in [1.82, 2.24) is 19.8 Å². The van der Waals surface area contributed by atoms with Crippen LogP contribution < -0.4 is 10.2 Å². The van der Waals surface area contributed by atoms with E-state index in [2.05, 4.69) is 74.5 Å². The van der Waals surface area contributed by atoms with Gasteiger partial charge in [-0.3, -0.25) is 9.69 Å². The minimum atomic E-state index is 0.0502. The number of likely N-dealkylation sites (N-methyl/N-ethyl adjacent to an activating group) is 1. The van der Waals surface area contributed by atoms with Crippen molar-refractivity contribution in [1.29, 1.82) is 0 Å². The van der Waals surface area contributed by atoms with E-state index in [4.69, 9.17) is 4.98 Å². The van der Waals surface area contributed by atoms with Crippen LogP contribution in [0.5, 0.6) is 0 Å². The van der Waals surface area contributed by atoms with Gasteiger partial charge in [-0.05, 0) is 74.4 Å². The number of carbonyl (C=O) groups is 1. The molecule has 0 radical (unpaired) electrons. The summed E-state index contributed by atoms with van der Waals surface area (Å²) in [5.41, 5.74) is 7.43. The number of benzene rings is 2. The fourth-order valence-corrected chi connectivity index (χ4v) is 5.41. The van der Waals surface area contributed by atoms with Crippen molar-refractivity contribution in [3.05, 3.63) is 67.0 Å². The molecule has 2 aromatic carbocycles. The molecule has 190 valence electrons. The highest BCUT2D eigenvalue weighted by Gasteiger charge is 2.16. The van der Waals surface area contributed by atoms with Crippen molar-refractivity contribution >= 4 is 28.3 Å². The molecule has 0 bridgehead atoms. The van der Waals surface area contributed by atoms with Crippen LogP contribution in [0.3, 0.4) is 0 Å². The summed E-state index contributed by atoms with van der Waals surface area (Å²) in [6.45, 7) is 6.84. The average Bonchev–Trinajstić information content (AvgIpc) is 3.59. The van der Waals surface area contributed by atoms with Crippen LogP contribution in [0.2, 0.25) is 0 Å². The summed E-state index contributed by atoms with van der Waals surface area (Å²) in [7, 11) is 2.18. The lowest BCUT2D eigenvalue weighted by molar-refractivity contribution is -0.117. The monoisotopic (exact) mass is 494 g/mol. The number of amides is 1. The molecular formula is C30H34N6O. The number of hydrogen-bond acceptors (Lipinski definition) is 5. The number of aromatic nitrogens is 2. The first-order chi connectivity index (χ1) is 18.1. The number of likely N-dealkylation sites (tertiary alicyclic amines) is 1. The highest BCUT2D eigenvalue weighted by atomic mass is 16.2. The van der Waals surface area contributed by atoms with Crippen LogP contribution in [0.4, 0.5) is 11.4 Å². The number of H-pyrrole nitrogens is 1. The zero-order valence-corrected chi connectivity index (χ0v) is 21.4. The second-order valence-corrected chi connectivity index (χ2v) is 10.3. The molecule has 2 fully saturated rings. The number of hydrogen-bond donors (Lipinski definition) is 2. The Bertz CT molecular complexity index is 1360. The summed E-state index contributed by atoms with van der Waals surface area (Å²) in [4.78, 5) is 27.4. The van der Waals surface area contributed by atoms with Gasteiger partial charge in [-0.1, -0.05) is 24.3 Å². The van der Waals surface area contributed by atoms with Crippen molar-refractivity contribution < 1.29 is 4.79 Å². The van der Waals surface area contributed by atoms with E-state index in [9.17, 15) is 4.79 Å². The van der Waals surface area contributed by atoms with Gasteiger partial charge in [-0.15, -0.1) is 0 Å². The number of piperazine rings is 1. The number of aromatic amines is 1. The van der Waals surface area contributed by atoms with Crippen molar-refractivity contribution in [2.45, 2.75) is 12.8 Å². The van der Waals surface area contributed by atoms with E-state index in [0.29, 0.717) is 6.54 Å². The van der Waals surface area contributed by atoms with Gasteiger partial charge in [-0.2, -0.15) is 0 Å². The lowest BCUT2D eigenvalue weighted by Gasteiger charge is -2.34. The van der Waals surface area contributed by atoms with E-state index in [1.54, 1.807) is 0 Å². The second-order valence-electron chi connectivity index (χ2n) is 10.3. The summed E-state index contributed by atoms with van der Waals surface area (Å²) in [6.07, 6.45) is 6.32. The lowest BCUT2D eigenvalue weighted by atomic mass is 10.0. The topological polar surface area (TPSA) is 67.5 Å². The third-order valence-corrected chi connectivity index (χ3v) is 7.65. The van der Waals surface area contributed by atoms with Gasteiger partial charge in [0.25, 0.3) is 0 Å². The molecule has 2 N–H and O–H groups in total. The molecule has 0 unspecified atom stereocenters. The van der Waals surface area contributed by atoms with E-state index >= 15 is 0 Å². The maximum Gasteiger partial charge on any atom is 0.238 e. The van der Waals surface area contributed by atoms with Crippen molar-refractivity contribution in [3.8, 4) is 22.3 Å². The minimum Gasteiger partial charge on any atom is -0.369 e. The SMILES string of the molecule is CN1CCN(c2ccc(-c3cnc4[nH]cc(-c5ccc(NC(=O)CN6CCCC6)cc5)c4c3)cc2)CC1. The third-order valence-electron chi connectivity index (χ3n) is 7.65. The van der Waals surface area contributed by atoms with Crippen LogP contribution in [0.25, 0.3) is 33.3 Å². The number of carbonyl (C=O) groups excluding carboxylic acids is 1. The Labute approximate surface area is 218 Å². The zero-order valence-electron chi connectivity index (χ0n) is 21.4. The molecule has 0 saturated carbocycles. The molecule has 4 aromatic rings. The lowest BCUT2D eigenvalue weighted by Crippen LogP contribution is -2.44. The van der Waals surface area contributed by atoms with E-state index in [1.165, 1.54) is 18.5 Å². The van der Waals surface area contributed by atoms with Gasteiger partial charge in [0.2, 0.25) is 5.91 Å². The Balaban J connectivity index is 1.18. The number of nitrogens with zero attached hydrogens (tertiary/aromatic N) is 4. The number of nitrogens with one attached hydrogen (secondary N) is 2. The molecule has 2 aromatic heterocycles. The van der Waals surface area contributed by atoms with Crippen LogP contribution in [0, 0.1) is 0 Å². The fraction of sp³-hybridized carbons (Fsp3) is 0.333. The Kier molecular flexibility index (Phi) is 6.64. The molecule has 2 aliphatic heterocycles. The molecule has 0 atom stereocenters. The summed E-state index contributed by atoms with van der Waals surface area (Å²) < 4.78 is 0. The number of fused-ring (bicyclic) bond motifs is 1. The normalized spacial score (nSPS) is 16.9. The molecular weight excluding hydrogens is 460 g/mol. The number of rotatable bonds is 6. The largest absolute Gasteiger partial charge is 0.369 e. The summed E-state index contributed by atoms with van der Waals surface area (Å²) >= 11 is 0. The van der Waals surface area contributed by atoms with Crippen LogP contribution in [-0.4, -0.2) is 78.5 Å². The Morgan fingerprint density at radius 3 is 2.32 bits per heavy atom. The standard InChI is InChI=1S/C30H34N6O/c1-34-14-16-36(17-15-34)26-10-6-22(7-11-26)24-18-27-28(20-32-30(27)31-19-24)23-4-8-25(9-5-23)33-29(37)21-35-12-2-3-13-35/h4-11,18-20H,2-3,12-17,21H2,1H3,(H,31,32)(H,33,37). The maximum absolute atomic E-state index is 12.4. The molecule has 6 rings (SSSR count). The van der Waals surface area contributed by atoms with Crippen LogP contribution in [0.1, 0.15) is 12.8 Å². The van der Waals surface area contributed by atoms with E-state index < -0.39 is 0 Å². The average molecular weight is 495 g/mol. The Morgan fingerprint density at radius 1 is 0.892 bits per heavy atom. The van der Waals surface area contributed by atoms with Gasteiger partial charge >= 0.3 is 0 Å². The van der Waals surface area contributed by atoms with Crippen molar-refractivity contribution in [2.24, 2.45) is 0 Å². The summed E-state index contributed by atoms with van der Waals surface area (Å²) in [5.74, 6) is 0.0502. The number of anilines is 2. The Hall–Kier alpha value is -3.68. The fourth-order valence-electron chi connectivity index (χ4n) is 5.41. The zero-order chi connectivity index (χ0) is 25.2. The Morgan fingerprint density at radius 2 is 1.59 bits per heavy atom. The highest BCUT2D eigenvalue weighted by Crippen LogP contribution is 2.32. The first-order valence-corrected chi connectivity index (χ1v) is 13.3. The van der Waals surface area contributed by atoms with Gasteiger partial charge < -0.3 is 20.1 Å². The molecule has 2 aliphatic rings. The third kappa shape index (κ3) is 5.24. The molecule has 7 nitrogen and oxygen atoms in total. The first kappa shape index (κ1) is 23.7. The molecule has 37 heavy (non-hydrogen) atoms. The summed E-state index contributed by atoms with van der Waals surface area (Å²) in [6, 6.07) is 19.1.